The fourth-order valence-electron chi connectivity index (χ4n) is 1.73. The van der Waals surface area contributed by atoms with E-state index in [0.717, 1.165) is 18.7 Å². The second-order valence-corrected chi connectivity index (χ2v) is 4.20. The molecule has 0 spiro atoms. The van der Waals surface area contributed by atoms with Gasteiger partial charge in [0.2, 0.25) is 0 Å². The predicted molar refractivity (Wildman–Crippen MR) is 70.3 cm³/mol. The molecule has 4 nitrogen and oxygen atoms in total. The molecule has 0 aliphatic heterocycles. The van der Waals surface area contributed by atoms with Crippen molar-refractivity contribution >= 4 is 0 Å². The third-order valence-corrected chi connectivity index (χ3v) is 2.85. The summed E-state index contributed by atoms with van der Waals surface area (Å²) >= 11 is 0. The maximum absolute atomic E-state index is 8.80. The molecule has 98 valence electrons. The Morgan fingerprint density at radius 3 is 2.72 bits per heavy atom. The lowest BCUT2D eigenvalue weighted by atomic mass is 10.1. The average Bonchev–Trinajstić information content (AvgIpc) is 2.39. The van der Waals surface area contributed by atoms with Gasteiger partial charge in [-0.05, 0) is 30.2 Å². The lowest BCUT2D eigenvalue weighted by Crippen LogP contribution is -2.31. The van der Waals surface area contributed by atoms with Crippen LogP contribution in [0.5, 0.6) is 0 Å². The van der Waals surface area contributed by atoms with Crippen LogP contribution in [0.1, 0.15) is 16.7 Å². The van der Waals surface area contributed by atoms with Crippen LogP contribution in [0.2, 0.25) is 0 Å². The van der Waals surface area contributed by atoms with Gasteiger partial charge in [0.15, 0.2) is 0 Å². The highest BCUT2D eigenvalue weighted by Gasteiger charge is 2.06. The van der Waals surface area contributed by atoms with E-state index in [4.69, 9.17) is 14.7 Å². The molecule has 0 heterocycles. The Morgan fingerprint density at radius 1 is 1.39 bits per heavy atom. The van der Waals surface area contributed by atoms with Gasteiger partial charge in [-0.2, -0.15) is 5.26 Å². The maximum Gasteiger partial charge on any atom is 0.0991 e. The Bertz CT molecular complexity index is 413. The Hall–Kier alpha value is -1.41. The fraction of sp³-hybridized carbons (Fsp3) is 0.500. The van der Waals surface area contributed by atoms with E-state index >= 15 is 0 Å². The van der Waals surface area contributed by atoms with Gasteiger partial charge in [0, 0.05) is 27.3 Å². The molecular weight excluding hydrogens is 228 g/mol. The van der Waals surface area contributed by atoms with E-state index < -0.39 is 0 Å². The first kappa shape index (κ1) is 14.7. The van der Waals surface area contributed by atoms with Gasteiger partial charge in [0.05, 0.1) is 24.3 Å². The number of rotatable bonds is 7. The minimum absolute atomic E-state index is 0.0636. The maximum atomic E-state index is 8.80. The minimum Gasteiger partial charge on any atom is -0.382 e. The summed E-state index contributed by atoms with van der Waals surface area (Å²) < 4.78 is 10.3. The Morgan fingerprint density at radius 2 is 2.17 bits per heavy atom. The van der Waals surface area contributed by atoms with Gasteiger partial charge in [0.1, 0.15) is 0 Å². The summed E-state index contributed by atoms with van der Waals surface area (Å²) in [6.45, 7) is 4.10. The van der Waals surface area contributed by atoms with E-state index in [2.05, 4.69) is 11.4 Å². The summed E-state index contributed by atoms with van der Waals surface area (Å²) in [5, 5.41) is 12.1. The second kappa shape index (κ2) is 7.83. The first-order chi connectivity index (χ1) is 8.71. The van der Waals surface area contributed by atoms with Crippen LogP contribution in [0.15, 0.2) is 18.2 Å². The van der Waals surface area contributed by atoms with Crippen molar-refractivity contribution < 1.29 is 9.47 Å². The second-order valence-electron chi connectivity index (χ2n) is 4.20. The average molecular weight is 248 g/mol. The molecule has 4 heteroatoms. The molecule has 1 aromatic rings. The molecule has 18 heavy (non-hydrogen) atoms. The van der Waals surface area contributed by atoms with Gasteiger partial charge in [0.25, 0.3) is 0 Å². The summed E-state index contributed by atoms with van der Waals surface area (Å²) in [7, 11) is 3.34. The van der Waals surface area contributed by atoms with Gasteiger partial charge in [-0.25, -0.2) is 0 Å². The molecule has 1 atom stereocenters. The van der Waals surface area contributed by atoms with E-state index in [-0.39, 0.29) is 6.10 Å². The van der Waals surface area contributed by atoms with E-state index in [9.17, 15) is 0 Å². The summed E-state index contributed by atoms with van der Waals surface area (Å²) in [6, 6.07) is 7.87. The molecule has 0 radical (unpaired) electrons. The van der Waals surface area contributed by atoms with Gasteiger partial charge >= 0.3 is 0 Å². The van der Waals surface area contributed by atoms with Crippen LogP contribution in [0.3, 0.4) is 0 Å². The third-order valence-electron chi connectivity index (χ3n) is 2.85. The highest BCUT2D eigenvalue weighted by molar-refractivity contribution is 5.37. The van der Waals surface area contributed by atoms with Crippen molar-refractivity contribution in [1.82, 2.24) is 5.32 Å². The molecule has 1 unspecified atom stereocenters. The van der Waals surface area contributed by atoms with Crippen LogP contribution in [-0.2, 0) is 16.0 Å². The van der Waals surface area contributed by atoms with Crippen molar-refractivity contribution in [2.24, 2.45) is 0 Å². The zero-order valence-corrected chi connectivity index (χ0v) is 11.2. The van der Waals surface area contributed by atoms with Crippen molar-refractivity contribution in [3.63, 3.8) is 0 Å². The summed E-state index contributed by atoms with van der Waals surface area (Å²) in [5.41, 5.74) is 3.02. The van der Waals surface area contributed by atoms with Crippen LogP contribution in [-0.4, -0.2) is 33.5 Å². The molecule has 0 bridgehead atoms. The number of aryl methyl sites for hydroxylation is 1. The fourth-order valence-corrected chi connectivity index (χ4v) is 1.73. The van der Waals surface area contributed by atoms with E-state index in [0.29, 0.717) is 12.2 Å². The SMILES string of the molecule is COCC(CNCc1ccc(C#N)cc1C)OC. The number of nitrogens with zero attached hydrogens (tertiary/aromatic N) is 1. The number of hydrogen-bond acceptors (Lipinski definition) is 4. The molecule has 0 saturated carbocycles. The molecule has 0 fully saturated rings. The number of nitriles is 1. The quantitative estimate of drug-likeness (QED) is 0.796. The zero-order chi connectivity index (χ0) is 13.4. The van der Waals surface area contributed by atoms with Crippen molar-refractivity contribution in [3.05, 3.63) is 34.9 Å². The number of hydrogen-bond donors (Lipinski definition) is 1. The topological polar surface area (TPSA) is 54.3 Å². The Labute approximate surface area is 109 Å². The smallest absolute Gasteiger partial charge is 0.0991 e. The molecule has 0 saturated heterocycles. The number of methoxy groups -OCH3 is 2. The zero-order valence-electron chi connectivity index (χ0n) is 11.2. The lowest BCUT2D eigenvalue weighted by molar-refractivity contribution is 0.0288. The van der Waals surface area contributed by atoms with Gasteiger partial charge in [-0.15, -0.1) is 0 Å². The van der Waals surface area contributed by atoms with Gasteiger partial charge in [-0.3, -0.25) is 0 Å². The van der Waals surface area contributed by atoms with E-state index in [1.165, 1.54) is 5.56 Å². The molecule has 0 aromatic heterocycles. The number of ether oxygens (including phenoxy) is 2. The standard InChI is InChI=1S/C14H20N2O2/c1-11-6-12(7-15)4-5-13(11)8-16-9-14(18-3)10-17-2/h4-6,14,16H,8-10H2,1-3H3. The molecule has 0 aliphatic rings. The third kappa shape index (κ3) is 4.46. The first-order valence-electron chi connectivity index (χ1n) is 5.93. The normalized spacial score (nSPS) is 12.1. The number of benzene rings is 1. The van der Waals surface area contributed by atoms with Crippen molar-refractivity contribution in [2.45, 2.75) is 19.6 Å². The lowest BCUT2D eigenvalue weighted by Gasteiger charge is -2.15. The molecule has 1 rings (SSSR count). The summed E-state index contributed by atoms with van der Waals surface area (Å²) in [6.07, 6.45) is 0.0636. The predicted octanol–water partition coefficient (Wildman–Crippen LogP) is 1.62. The van der Waals surface area contributed by atoms with Crippen LogP contribution in [0, 0.1) is 18.3 Å². The molecule has 1 aromatic carbocycles. The summed E-state index contributed by atoms with van der Waals surface area (Å²) in [5.74, 6) is 0. The van der Waals surface area contributed by atoms with Crippen LogP contribution < -0.4 is 5.32 Å². The van der Waals surface area contributed by atoms with Crippen LogP contribution in [0.25, 0.3) is 0 Å². The van der Waals surface area contributed by atoms with Gasteiger partial charge < -0.3 is 14.8 Å². The highest BCUT2D eigenvalue weighted by atomic mass is 16.5. The Balaban J connectivity index is 2.46. The largest absolute Gasteiger partial charge is 0.382 e. The van der Waals surface area contributed by atoms with Crippen molar-refractivity contribution in [2.75, 3.05) is 27.4 Å². The Kier molecular flexibility index (Phi) is 6.37. The molecule has 1 N–H and O–H groups in total. The first-order valence-corrected chi connectivity index (χ1v) is 5.93. The monoisotopic (exact) mass is 248 g/mol. The van der Waals surface area contributed by atoms with Crippen LogP contribution >= 0.6 is 0 Å². The van der Waals surface area contributed by atoms with E-state index in [1.54, 1.807) is 14.2 Å². The van der Waals surface area contributed by atoms with Crippen molar-refractivity contribution in [3.8, 4) is 6.07 Å². The number of nitrogens with one attached hydrogen (secondary N) is 1. The minimum atomic E-state index is 0.0636. The highest BCUT2D eigenvalue weighted by Crippen LogP contribution is 2.10. The molecular formula is C14H20N2O2. The van der Waals surface area contributed by atoms with Crippen molar-refractivity contribution in [1.29, 1.82) is 5.26 Å². The van der Waals surface area contributed by atoms with E-state index in [1.807, 2.05) is 25.1 Å². The summed E-state index contributed by atoms with van der Waals surface area (Å²) in [4.78, 5) is 0. The van der Waals surface area contributed by atoms with Crippen LogP contribution in [0.4, 0.5) is 0 Å². The molecule has 0 aliphatic carbocycles. The molecule has 0 amide bonds. The van der Waals surface area contributed by atoms with Gasteiger partial charge in [-0.1, -0.05) is 6.07 Å².